The Kier molecular flexibility index (Phi) is 5.79. The lowest BCUT2D eigenvalue weighted by Crippen LogP contribution is -2.51. The number of para-hydroxylation sites is 1. The van der Waals surface area contributed by atoms with E-state index in [0.29, 0.717) is 13.1 Å². The predicted molar refractivity (Wildman–Crippen MR) is 109 cm³/mol. The maximum Gasteiger partial charge on any atom is 0.313 e. The minimum absolute atomic E-state index is 0.454. The number of benzene rings is 2. The van der Waals surface area contributed by atoms with E-state index in [-0.39, 0.29) is 0 Å². The third-order valence-corrected chi connectivity index (χ3v) is 5.11. The molecule has 1 fully saturated rings. The van der Waals surface area contributed by atoms with Crippen LogP contribution < -0.4 is 10.2 Å². The predicted octanol–water partition coefficient (Wildman–Crippen LogP) is 3.15. The lowest BCUT2D eigenvalue weighted by molar-refractivity contribution is -0.143. The third kappa shape index (κ3) is 4.30. The molecule has 142 valence electrons. The Morgan fingerprint density at radius 1 is 1.00 bits per heavy atom. The molecule has 0 atom stereocenters. The van der Waals surface area contributed by atoms with Crippen LogP contribution >= 0.6 is 0 Å². The SMILES string of the molecule is CCc1cccc(C)c1NC(=O)C(=O)N1CCN(c2cccc(C)c2)CC1. The number of hydrogen-bond acceptors (Lipinski definition) is 3. The van der Waals surface area contributed by atoms with Gasteiger partial charge in [0.05, 0.1) is 0 Å². The van der Waals surface area contributed by atoms with Gasteiger partial charge in [-0.05, 0) is 49.1 Å². The van der Waals surface area contributed by atoms with Crippen molar-refractivity contribution in [3.63, 3.8) is 0 Å². The Labute approximate surface area is 161 Å². The molecule has 0 unspecified atom stereocenters. The van der Waals surface area contributed by atoms with Crippen molar-refractivity contribution in [3.8, 4) is 0 Å². The summed E-state index contributed by atoms with van der Waals surface area (Å²) in [5.41, 5.74) is 5.16. The number of anilines is 2. The Morgan fingerprint density at radius 2 is 1.70 bits per heavy atom. The maximum absolute atomic E-state index is 12.6. The van der Waals surface area contributed by atoms with Gasteiger partial charge in [0.1, 0.15) is 0 Å². The van der Waals surface area contributed by atoms with E-state index in [1.807, 2.05) is 38.1 Å². The summed E-state index contributed by atoms with van der Waals surface area (Å²) < 4.78 is 0. The molecule has 1 aliphatic rings. The summed E-state index contributed by atoms with van der Waals surface area (Å²) in [4.78, 5) is 29.0. The van der Waals surface area contributed by atoms with Crippen LogP contribution in [-0.4, -0.2) is 42.9 Å². The molecule has 0 saturated carbocycles. The zero-order valence-electron chi connectivity index (χ0n) is 16.3. The van der Waals surface area contributed by atoms with Crippen molar-refractivity contribution in [1.82, 2.24) is 4.90 Å². The lowest BCUT2D eigenvalue weighted by atomic mass is 10.1. The van der Waals surface area contributed by atoms with Crippen molar-refractivity contribution in [2.75, 3.05) is 36.4 Å². The zero-order valence-corrected chi connectivity index (χ0v) is 16.3. The first-order valence-corrected chi connectivity index (χ1v) is 9.50. The smallest absolute Gasteiger partial charge is 0.313 e. The topological polar surface area (TPSA) is 52.7 Å². The number of nitrogens with zero attached hydrogens (tertiary/aromatic N) is 2. The molecule has 0 aromatic heterocycles. The van der Waals surface area contributed by atoms with Crippen molar-refractivity contribution < 1.29 is 9.59 Å². The van der Waals surface area contributed by atoms with E-state index in [4.69, 9.17) is 0 Å². The van der Waals surface area contributed by atoms with Gasteiger partial charge in [0.2, 0.25) is 0 Å². The summed E-state index contributed by atoms with van der Waals surface area (Å²) in [5, 5.41) is 2.83. The first-order valence-electron chi connectivity index (χ1n) is 9.50. The molecular formula is C22H27N3O2. The van der Waals surface area contributed by atoms with Crippen LogP contribution in [0.3, 0.4) is 0 Å². The largest absolute Gasteiger partial charge is 0.368 e. The minimum atomic E-state index is -0.553. The second-order valence-corrected chi connectivity index (χ2v) is 7.03. The summed E-state index contributed by atoms with van der Waals surface area (Å²) in [6, 6.07) is 14.2. The highest BCUT2D eigenvalue weighted by Crippen LogP contribution is 2.22. The average Bonchev–Trinajstić information content (AvgIpc) is 2.69. The van der Waals surface area contributed by atoms with E-state index in [9.17, 15) is 9.59 Å². The number of amides is 2. The fraction of sp³-hybridized carbons (Fsp3) is 0.364. The fourth-order valence-electron chi connectivity index (χ4n) is 3.51. The number of hydrogen-bond donors (Lipinski definition) is 1. The first kappa shape index (κ1) is 19.0. The average molecular weight is 365 g/mol. The maximum atomic E-state index is 12.6. The number of aryl methyl sites for hydroxylation is 3. The molecule has 1 saturated heterocycles. The van der Waals surface area contributed by atoms with Crippen LogP contribution in [0.1, 0.15) is 23.6 Å². The van der Waals surface area contributed by atoms with E-state index >= 15 is 0 Å². The number of nitrogens with one attached hydrogen (secondary N) is 1. The molecular weight excluding hydrogens is 338 g/mol. The van der Waals surface area contributed by atoms with Gasteiger partial charge in [-0.3, -0.25) is 9.59 Å². The van der Waals surface area contributed by atoms with Crippen LogP contribution in [0, 0.1) is 13.8 Å². The van der Waals surface area contributed by atoms with Gasteiger partial charge in [0.15, 0.2) is 0 Å². The number of carbonyl (C=O) groups excluding carboxylic acids is 2. The number of rotatable bonds is 3. The van der Waals surface area contributed by atoms with E-state index in [0.717, 1.165) is 36.3 Å². The molecule has 5 heteroatoms. The summed E-state index contributed by atoms with van der Waals surface area (Å²) in [6.07, 6.45) is 0.806. The van der Waals surface area contributed by atoms with Gasteiger partial charge in [0.25, 0.3) is 0 Å². The molecule has 1 N–H and O–H groups in total. The summed E-state index contributed by atoms with van der Waals surface area (Å²) in [5.74, 6) is -1.01. The Bertz CT molecular complexity index is 839. The Morgan fingerprint density at radius 3 is 2.37 bits per heavy atom. The van der Waals surface area contributed by atoms with Gasteiger partial charge in [-0.15, -0.1) is 0 Å². The number of piperazine rings is 1. The first-order chi connectivity index (χ1) is 13.0. The second kappa shape index (κ2) is 8.25. The molecule has 2 aromatic rings. The van der Waals surface area contributed by atoms with Crippen LogP contribution in [0.25, 0.3) is 0 Å². The molecule has 2 aromatic carbocycles. The van der Waals surface area contributed by atoms with E-state index in [1.54, 1.807) is 4.90 Å². The van der Waals surface area contributed by atoms with Gasteiger partial charge in [-0.25, -0.2) is 0 Å². The van der Waals surface area contributed by atoms with Crippen LogP contribution in [0.5, 0.6) is 0 Å². The molecule has 27 heavy (non-hydrogen) atoms. The zero-order chi connectivity index (χ0) is 19.4. The molecule has 0 bridgehead atoms. The molecule has 0 radical (unpaired) electrons. The van der Waals surface area contributed by atoms with Crippen LogP contribution in [-0.2, 0) is 16.0 Å². The highest BCUT2D eigenvalue weighted by atomic mass is 16.2. The van der Waals surface area contributed by atoms with Gasteiger partial charge in [-0.1, -0.05) is 37.3 Å². The molecule has 1 heterocycles. The van der Waals surface area contributed by atoms with Gasteiger partial charge in [-0.2, -0.15) is 0 Å². The van der Waals surface area contributed by atoms with E-state index < -0.39 is 11.8 Å². The molecule has 0 spiro atoms. The number of carbonyl (C=O) groups is 2. The highest BCUT2D eigenvalue weighted by Gasteiger charge is 2.26. The summed E-state index contributed by atoms with van der Waals surface area (Å²) in [7, 11) is 0. The molecule has 5 nitrogen and oxygen atoms in total. The fourth-order valence-corrected chi connectivity index (χ4v) is 3.51. The standard InChI is InChI=1S/C22H27N3O2/c1-4-18-9-6-8-17(3)20(18)23-21(26)22(27)25-13-11-24(12-14-25)19-10-5-7-16(2)15-19/h5-10,15H,4,11-14H2,1-3H3,(H,23,26). The monoisotopic (exact) mass is 365 g/mol. The molecule has 3 rings (SSSR count). The van der Waals surface area contributed by atoms with Gasteiger partial charge >= 0.3 is 11.8 Å². The Balaban J connectivity index is 1.62. The lowest BCUT2D eigenvalue weighted by Gasteiger charge is -2.36. The van der Waals surface area contributed by atoms with Crippen molar-refractivity contribution in [2.45, 2.75) is 27.2 Å². The third-order valence-electron chi connectivity index (χ3n) is 5.11. The molecule has 0 aliphatic carbocycles. The van der Waals surface area contributed by atoms with E-state index in [1.165, 1.54) is 11.3 Å². The summed E-state index contributed by atoms with van der Waals surface area (Å²) in [6.45, 7) is 8.61. The second-order valence-electron chi connectivity index (χ2n) is 7.03. The van der Waals surface area contributed by atoms with Gasteiger partial charge in [0, 0.05) is 37.6 Å². The van der Waals surface area contributed by atoms with Crippen LogP contribution in [0.2, 0.25) is 0 Å². The quantitative estimate of drug-likeness (QED) is 0.850. The summed E-state index contributed by atoms with van der Waals surface area (Å²) >= 11 is 0. The molecule has 1 aliphatic heterocycles. The highest BCUT2D eigenvalue weighted by molar-refractivity contribution is 6.39. The van der Waals surface area contributed by atoms with Gasteiger partial charge < -0.3 is 15.1 Å². The van der Waals surface area contributed by atoms with E-state index in [2.05, 4.69) is 35.3 Å². The van der Waals surface area contributed by atoms with Crippen molar-refractivity contribution in [2.24, 2.45) is 0 Å². The molecule has 2 amide bonds. The van der Waals surface area contributed by atoms with Crippen LogP contribution in [0.15, 0.2) is 42.5 Å². The minimum Gasteiger partial charge on any atom is -0.368 e. The van der Waals surface area contributed by atoms with Crippen molar-refractivity contribution >= 4 is 23.2 Å². The van der Waals surface area contributed by atoms with Crippen molar-refractivity contribution in [1.29, 1.82) is 0 Å². The Hall–Kier alpha value is -2.82. The van der Waals surface area contributed by atoms with Crippen molar-refractivity contribution in [3.05, 3.63) is 59.2 Å². The normalized spacial score (nSPS) is 14.2. The van der Waals surface area contributed by atoms with Crippen LogP contribution in [0.4, 0.5) is 11.4 Å².